The molecule has 1 rings (SSSR count). The Morgan fingerprint density at radius 1 is 1.33 bits per heavy atom. The van der Waals surface area contributed by atoms with Crippen molar-refractivity contribution in [3.8, 4) is 0 Å². The minimum Gasteiger partial charge on any atom is -0.356 e. The van der Waals surface area contributed by atoms with E-state index in [1.807, 2.05) is 0 Å². The zero-order chi connectivity index (χ0) is 13.6. The van der Waals surface area contributed by atoms with Gasteiger partial charge in [0.25, 0.3) is 0 Å². The van der Waals surface area contributed by atoms with E-state index in [0.717, 1.165) is 0 Å². The van der Waals surface area contributed by atoms with Crippen LogP contribution in [0.1, 0.15) is 12.0 Å². The van der Waals surface area contributed by atoms with Crippen LogP contribution in [-0.2, 0) is 21.1 Å². The second kappa shape index (κ2) is 6.51. The number of hydrogen-bond acceptors (Lipinski definition) is 4. The van der Waals surface area contributed by atoms with Crippen molar-refractivity contribution in [1.82, 2.24) is 5.32 Å². The highest BCUT2D eigenvalue weighted by atomic mass is 32.2. The molecule has 0 aliphatic carbocycles. The van der Waals surface area contributed by atoms with Crippen LogP contribution in [0.25, 0.3) is 0 Å². The summed E-state index contributed by atoms with van der Waals surface area (Å²) in [5.41, 5.74) is 5.97. The van der Waals surface area contributed by atoms with Gasteiger partial charge in [0, 0.05) is 25.8 Å². The van der Waals surface area contributed by atoms with Gasteiger partial charge < -0.3 is 11.1 Å². The van der Waals surface area contributed by atoms with Crippen LogP contribution in [-0.4, -0.2) is 33.7 Å². The first-order valence-corrected chi connectivity index (χ1v) is 7.59. The maximum atomic E-state index is 11.5. The van der Waals surface area contributed by atoms with Crippen LogP contribution >= 0.6 is 0 Å². The SMILES string of the molecule is CS(=O)(=O)c1ccccc1CCNC(=O)CCN. The largest absolute Gasteiger partial charge is 0.356 e. The van der Waals surface area contributed by atoms with Crippen molar-refractivity contribution in [3.63, 3.8) is 0 Å². The molecular weight excluding hydrogens is 252 g/mol. The number of carbonyl (C=O) groups is 1. The molecule has 3 N–H and O–H groups in total. The summed E-state index contributed by atoms with van der Waals surface area (Å²) in [6.45, 7) is 0.719. The number of sulfone groups is 1. The summed E-state index contributed by atoms with van der Waals surface area (Å²) in [6, 6.07) is 6.80. The highest BCUT2D eigenvalue weighted by Gasteiger charge is 2.12. The van der Waals surface area contributed by atoms with Crippen molar-refractivity contribution in [2.24, 2.45) is 5.73 Å². The van der Waals surface area contributed by atoms with Gasteiger partial charge in [-0.2, -0.15) is 0 Å². The molecule has 100 valence electrons. The van der Waals surface area contributed by atoms with Crippen LogP contribution in [0.2, 0.25) is 0 Å². The molecule has 0 spiro atoms. The molecule has 0 bridgehead atoms. The first-order valence-electron chi connectivity index (χ1n) is 5.70. The second-order valence-electron chi connectivity index (χ2n) is 4.02. The third-order valence-electron chi connectivity index (χ3n) is 2.46. The molecule has 0 unspecified atom stereocenters. The molecule has 0 aliphatic rings. The molecule has 0 saturated carbocycles. The first-order chi connectivity index (χ1) is 8.45. The highest BCUT2D eigenvalue weighted by Crippen LogP contribution is 2.15. The molecule has 6 heteroatoms. The second-order valence-corrected chi connectivity index (χ2v) is 6.00. The fraction of sp³-hybridized carbons (Fsp3) is 0.417. The summed E-state index contributed by atoms with van der Waals surface area (Å²) in [4.78, 5) is 11.5. The minimum absolute atomic E-state index is 0.116. The van der Waals surface area contributed by atoms with E-state index < -0.39 is 9.84 Å². The zero-order valence-corrected chi connectivity index (χ0v) is 11.2. The molecule has 1 aromatic rings. The normalized spacial score (nSPS) is 11.2. The van der Waals surface area contributed by atoms with E-state index in [1.165, 1.54) is 6.26 Å². The highest BCUT2D eigenvalue weighted by molar-refractivity contribution is 7.90. The fourth-order valence-corrected chi connectivity index (χ4v) is 2.60. The lowest BCUT2D eigenvalue weighted by Crippen LogP contribution is -2.27. The summed E-state index contributed by atoms with van der Waals surface area (Å²) in [5, 5.41) is 2.70. The summed E-state index contributed by atoms with van der Waals surface area (Å²) in [5.74, 6) is -0.116. The maximum Gasteiger partial charge on any atom is 0.221 e. The van der Waals surface area contributed by atoms with Crippen molar-refractivity contribution in [3.05, 3.63) is 29.8 Å². The number of carbonyl (C=O) groups excluding carboxylic acids is 1. The predicted octanol–water partition coefficient (Wildman–Crippen LogP) is 0.0976. The van der Waals surface area contributed by atoms with E-state index in [0.29, 0.717) is 30.0 Å². The van der Waals surface area contributed by atoms with Gasteiger partial charge in [-0.25, -0.2) is 8.42 Å². The number of hydrogen-bond donors (Lipinski definition) is 2. The van der Waals surface area contributed by atoms with Gasteiger partial charge in [0.05, 0.1) is 4.90 Å². The van der Waals surface area contributed by atoms with Gasteiger partial charge in [-0.1, -0.05) is 18.2 Å². The summed E-state index contributed by atoms with van der Waals surface area (Å²) < 4.78 is 23.1. The van der Waals surface area contributed by atoms with Crippen LogP contribution in [0.15, 0.2) is 29.2 Å². The van der Waals surface area contributed by atoms with Crippen molar-refractivity contribution in [2.45, 2.75) is 17.7 Å². The maximum absolute atomic E-state index is 11.5. The molecule has 0 heterocycles. The Kier molecular flexibility index (Phi) is 5.30. The van der Waals surface area contributed by atoms with E-state index in [1.54, 1.807) is 24.3 Å². The number of nitrogens with one attached hydrogen (secondary N) is 1. The topological polar surface area (TPSA) is 89.3 Å². The van der Waals surface area contributed by atoms with Crippen LogP contribution in [0.3, 0.4) is 0 Å². The van der Waals surface area contributed by atoms with Crippen LogP contribution in [0.4, 0.5) is 0 Å². The molecule has 0 atom stereocenters. The monoisotopic (exact) mass is 270 g/mol. The van der Waals surface area contributed by atoms with Gasteiger partial charge in [-0.3, -0.25) is 4.79 Å². The standard InChI is InChI=1S/C12H18N2O3S/c1-18(16,17)11-5-3-2-4-10(11)7-9-14-12(15)6-8-13/h2-5H,6-9,13H2,1H3,(H,14,15). The van der Waals surface area contributed by atoms with Crippen LogP contribution in [0.5, 0.6) is 0 Å². The Morgan fingerprint density at radius 2 is 2.00 bits per heavy atom. The summed E-state index contributed by atoms with van der Waals surface area (Å²) in [6.07, 6.45) is 1.95. The Bertz CT molecular complexity index is 512. The Labute approximate surface area is 107 Å². The van der Waals surface area contributed by atoms with Gasteiger partial charge in [-0.15, -0.1) is 0 Å². The molecular formula is C12H18N2O3S. The summed E-state index contributed by atoms with van der Waals surface area (Å²) in [7, 11) is -3.23. The van der Waals surface area contributed by atoms with Crippen molar-refractivity contribution in [2.75, 3.05) is 19.3 Å². The van der Waals surface area contributed by atoms with Gasteiger partial charge >= 0.3 is 0 Å². The minimum atomic E-state index is -3.23. The Balaban J connectivity index is 2.66. The molecule has 0 fully saturated rings. The van der Waals surface area contributed by atoms with Gasteiger partial charge in [0.1, 0.15) is 0 Å². The molecule has 0 aliphatic heterocycles. The molecule has 1 aromatic carbocycles. The smallest absolute Gasteiger partial charge is 0.221 e. The molecule has 1 amide bonds. The van der Waals surface area contributed by atoms with Crippen LogP contribution < -0.4 is 11.1 Å². The van der Waals surface area contributed by atoms with Gasteiger partial charge in [0.15, 0.2) is 9.84 Å². The van der Waals surface area contributed by atoms with Gasteiger partial charge in [-0.05, 0) is 18.1 Å². The fourth-order valence-electron chi connectivity index (χ4n) is 1.63. The lowest BCUT2D eigenvalue weighted by molar-refractivity contribution is -0.120. The van der Waals surface area contributed by atoms with Crippen molar-refractivity contribution >= 4 is 15.7 Å². The van der Waals surface area contributed by atoms with E-state index in [2.05, 4.69) is 5.32 Å². The summed E-state index contributed by atoms with van der Waals surface area (Å²) >= 11 is 0. The Hall–Kier alpha value is -1.40. The lowest BCUT2D eigenvalue weighted by atomic mass is 10.1. The number of nitrogens with two attached hydrogens (primary N) is 1. The molecule has 0 radical (unpaired) electrons. The average molecular weight is 270 g/mol. The van der Waals surface area contributed by atoms with Crippen LogP contribution in [0, 0.1) is 0 Å². The molecule has 18 heavy (non-hydrogen) atoms. The third kappa shape index (κ3) is 4.46. The predicted molar refractivity (Wildman–Crippen MR) is 69.9 cm³/mol. The van der Waals surface area contributed by atoms with Crippen molar-refractivity contribution < 1.29 is 13.2 Å². The van der Waals surface area contributed by atoms with Crippen molar-refractivity contribution in [1.29, 1.82) is 0 Å². The van der Waals surface area contributed by atoms with Gasteiger partial charge in [0.2, 0.25) is 5.91 Å². The number of benzene rings is 1. The molecule has 0 saturated heterocycles. The van der Waals surface area contributed by atoms with E-state index in [-0.39, 0.29) is 12.3 Å². The number of amides is 1. The van der Waals surface area contributed by atoms with E-state index >= 15 is 0 Å². The number of rotatable bonds is 6. The van der Waals surface area contributed by atoms with E-state index in [9.17, 15) is 13.2 Å². The lowest BCUT2D eigenvalue weighted by Gasteiger charge is -2.08. The zero-order valence-electron chi connectivity index (χ0n) is 10.3. The average Bonchev–Trinajstić information content (AvgIpc) is 2.28. The quantitative estimate of drug-likeness (QED) is 0.767. The first kappa shape index (κ1) is 14.7. The molecule has 0 aromatic heterocycles. The molecule has 5 nitrogen and oxygen atoms in total. The Morgan fingerprint density at radius 3 is 2.61 bits per heavy atom. The van der Waals surface area contributed by atoms with E-state index in [4.69, 9.17) is 5.73 Å². The third-order valence-corrected chi connectivity index (χ3v) is 3.66.